The van der Waals surface area contributed by atoms with Gasteiger partial charge in [0.15, 0.2) is 23.4 Å². The summed E-state index contributed by atoms with van der Waals surface area (Å²) in [5.41, 5.74) is -6.23. The summed E-state index contributed by atoms with van der Waals surface area (Å²) in [7, 11) is 0. The first-order valence-electron chi connectivity index (χ1n) is 13.2. The van der Waals surface area contributed by atoms with Crippen molar-refractivity contribution in [3.63, 3.8) is 0 Å². The van der Waals surface area contributed by atoms with E-state index in [9.17, 15) is 79.2 Å². The van der Waals surface area contributed by atoms with Gasteiger partial charge in [-0.15, -0.1) is 0 Å². The Morgan fingerprint density at radius 1 is 0.510 bits per heavy atom. The van der Waals surface area contributed by atoms with Crippen LogP contribution in [0.4, 0.5) is 0 Å². The SMILES string of the molecule is O=C(O)CC(O)(CC(=O)O[C@@H](C(=O)[O-])[C@@H](O)[C@H](O)[C@H](O)CO)C(=O)O.O=C(O)CC(O)(CC(=O)O[C@@H](C(=O)[O-])[C@@H](O)[C@H](O)[C@H](O)CO)C(=O)O.[Mg+2]. The third kappa shape index (κ3) is 17.3. The maximum absolute atomic E-state index is 11.6. The fourth-order valence-corrected chi connectivity index (χ4v) is 3.32. The summed E-state index contributed by atoms with van der Waals surface area (Å²) in [5, 5.41) is 149. The molecule has 10 atom stereocenters. The number of hydrogen-bond acceptors (Lipinski definition) is 22. The molecular weight excluding hydrogens is 729 g/mol. The van der Waals surface area contributed by atoms with Crippen molar-refractivity contribution in [3.8, 4) is 0 Å². The molecule has 0 aromatic carbocycles. The quantitative estimate of drug-likeness (QED) is 0.0359. The minimum atomic E-state index is -3.12. The predicted octanol–water partition coefficient (Wildman–Crippen LogP) is -11.6. The van der Waals surface area contributed by atoms with Crippen molar-refractivity contribution in [2.24, 2.45) is 0 Å². The van der Waals surface area contributed by atoms with E-state index in [0.717, 1.165) is 0 Å². The van der Waals surface area contributed by atoms with Crippen LogP contribution in [-0.4, -0.2) is 216 Å². The van der Waals surface area contributed by atoms with E-state index in [1.165, 1.54) is 0 Å². The Morgan fingerprint density at radius 3 is 0.941 bits per heavy atom. The Bertz CT molecular complexity index is 1130. The molecule has 2 unspecified atom stereocenters. The number of esters is 2. The summed E-state index contributed by atoms with van der Waals surface area (Å²) in [6.07, 6.45) is -24.6. The molecule has 0 heterocycles. The van der Waals surface area contributed by atoms with E-state index >= 15 is 0 Å². The molecule has 51 heavy (non-hydrogen) atoms. The molecule has 0 aliphatic carbocycles. The predicted molar refractivity (Wildman–Crippen MR) is 145 cm³/mol. The van der Waals surface area contributed by atoms with Crippen LogP contribution in [0.5, 0.6) is 0 Å². The van der Waals surface area contributed by atoms with Gasteiger partial charge in [0.1, 0.15) is 36.6 Å². The van der Waals surface area contributed by atoms with Crippen LogP contribution in [-0.2, 0) is 47.8 Å². The third-order valence-corrected chi connectivity index (χ3v) is 6.02. The average molecular weight is 763 g/mol. The second kappa shape index (κ2) is 22.8. The molecule has 26 nitrogen and oxygen atoms in total. The van der Waals surface area contributed by atoms with E-state index in [0.29, 0.717) is 0 Å². The zero-order valence-corrected chi connectivity index (χ0v) is 27.1. The Labute approximate surface area is 299 Å². The van der Waals surface area contributed by atoms with Crippen molar-refractivity contribution < 1.29 is 130 Å². The summed E-state index contributed by atoms with van der Waals surface area (Å²) >= 11 is 0. The number of ether oxygens (including phenoxy) is 2. The van der Waals surface area contributed by atoms with E-state index in [1.54, 1.807) is 0 Å². The number of carbonyl (C=O) groups is 8. The Kier molecular flexibility index (Phi) is 23.1. The van der Waals surface area contributed by atoms with Gasteiger partial charge in [0.2, 0.25) is 0 Å². The number of rotatable bonds is 22. The Morgan fingerprint density at radius 2 is 0.765 bits per heavy atom. The summed E-state index contributed by atoms with van der Waals surface area (Å²) < 4.78 is 8.39. The van der Waals surface area contributed by atoms with Gasteiger partial charge in [0, 0.05) is 0 Å². The van der Waals surface area contributed by atoms with Crippen LogP contribution in [0.1, 0.15) is 25.7 Å². The minimum absolute atomic E-state index is 0. The van der Waals surface area contributed by atoms with Gasteiger partial charge in [0.25, 0.3) is 0 Å². The minimum Gasteiger partial charge on any atom is -0.546 e. The summed E-state index contributed by atoms with van der Waals surface area (Å²) in [5.74, 6) is -15.8. The molecular formula is C24H34MgO26. The molecule has 0 aromatic rings. The first-order chi connectivity index (χ1) is 22.7. The van der Waals surface area contributed by atoms with Gasteiger partial charge >= 0.3 is 58.9 Å². The second-order valence-corrected chi connectivity index (χ2v) is 10.1. The molecule has 0 aliphatic rings. The fourth-order valence-electron chi connectivity index (χ4n) is 3.32. The van der Waals surface area contributed by atoms with Crippen molar-refractivity contribution in [3.05, 3.63) is 0 Å². The molecule has 0 saturated heterocycles. The standard InChI is InChI=1S/2C12H18O13.Mg/c2*13-3-4(14)7(18)8(19)9(10(20)21)25-6(17)2-12(24,11(22)23)1-5(15)16;/h2*4,7-9,13-14,18-19,24H,1-3H2,(H,15,16)(H,20,21)(H,22,23);/q;;+2/p-2/t2*4-,7-,8+,9-,12?;/m11./s1. The van der Waals surface area contributed by atoms with Gasteiger partial charge in [-0.25, -0.2) is 9.59 Å². The van der Waals surface area contributed by atoms with Crippen LogP contribution >= 0.6 is 0 Å². The van der Waals surface area contributed by atoms with E-state index in [1.807, 2.05) is 0 Å². The number of aliphatic carboxylic acids is 6. The van der Waals surface area contributed by atoms with Gasteiger partial charge < -0.3 is 101 Å². The summed E-state index contributed by atoms with van der Waals surface area (Å²) in [6, 6.07) is 0. The van der Waals surface area contributed by atoms with E-state index < -0.39 is 147 Å². The molecule has 0 radical (unpaired) electrons. The molecule has 0 amide bonds. The third-order valence-electron chi connectivity index (χ3n) is 6.02. The molecule has 0 saturated carbocycles. The number of carboxylic acid groups (broad SMARTS) is 6. The summed E-state index contributed by atoms with van der Waals surface area (Å²) in [6.45, 7) is -2.16. The number of aliphatic hydroxyl groups excluding tert-OH is 8. The first-order valence-corrected chi connectivity index (χ1v) is 13.2. The first kappa shape index (κ1) is 51.5. The molecule has 0 aromatic heterocycles. The molecule has 14 N–H and O–H groups in total. The number of carbonyl (C=O) groups excluding carboxylic acids is 4. The monoisotopic (exact) mass is 762 g/mol. The zero-order valence-electron chi connectivity index (χ0n) is 25.7. The molecule has 0 spiro atoms. The molecule has 0 rings (SSSR count). The van der Waals surface area contributed by atoms with Crippen molar-refractivity contribution >= 4 is 70.8 Å². The molecule has 27 heteroatoms. The van der Waals surface area contributed by atoms with Gasteiger partial charge in [-0.1, -0.05) is 0 Å². The number of carboxylic acids is 6. The Hall–Kier alpha value is -3.87. The van der Waals surface area contributed by atoms with E-state index in [4.69, 9.17) is 40.9 Å². The number of aliphatic hydroxyl groups is 10. The van der Waals surface area contributed by atoms with Crippen molar-refractivity contribution in [1.29, 1.82) is 0 Å². The van der Waals surface area contributed by atoms with Gasteiger partial charge in [-0.3, -0.25) is 19.2 Å². The topological polar surface area (TPSA) is 484 Å². The maximum atomic E-state index is 11.6. The normalized spacial score (nSPS) is 17.9. The zero-order chi connectivity index (χ0) is 39.9. The van der Waals surface area contributed by atoms with Gasteiger partial charge in [0.05, 0.1) is 50.8 Å². The second-order valence-electron chi connectivity index (χ2n) is 10.1. The average Bonchev–Trinajstić information content (AvgIpc) is 2.99. The van der Waals surface area contributed by atoms with Crippen LogP contribution in [0.15, 0.2) is 0 Å². The van der Waals surface area contributed by atoms with E-state index in [2.05, 4.69) is 9.47 Å². The van der Waals surface area contributed by atoms with Crippen LogP contribution in [0.3, 0.4) is 0 Å². The molecule has 288 valence electrons. The maximum Gasteiger partial charge on any atom is 2.00 e. The molecule has 0 bridgehead atoms. The number of hydrogen-bond donors (Lipinski definition) is 14. The van der Waals surface area contributed by atoms with Crippen molar-refractivity contribution in [2.45, 2.75) is 85.7 Å². The van der Waals surface area contributed by atoms with Crippen LogP contribution in [0.25, 0.3) is 0 Å². The van der Waals surface area contributed by atoms with Gasteiger partial charge in [-0.05, 0) is 0 Å². The van der Waals surface area contributed by atoms with Gasteiger partial charge in [-0.2, -0.15) is 0 Å². The van der Waals surface area contributed by atoms with Crippen molar-refractivity contribution in [1.82, 2.24) is 0 Å². The Balaban J connectivity index is -0.000000886. The largest absolute Gasteiger partial charge is 2.00 e. The van der Waals surface area contributed by atoms with Crippen LogP contribution in [0.2, 0.25) is 0 Å². The molecule has 0 aliphatic heterocycles. The summed E-state index contributed by atoms with van der Waals surface area (Å²) in [4.78, 5) is 87.8. The van der Waals surface area contributed by atoms with E-state index in [-0.39, 0.29) is 23.1 Å². The van der Waals surface area contributed by atoms with Crippen LogP contribution < -0.4 is 10.2 Å². The fraction of sp³-hybridized carbons (Fsp3) is 0.667. The molecule has 0 fully saturated rings. The van der Waals surface area contributed by atoms with Crippen LogP contribution in [0, 0.1) is 0 Å². The van der Waals surface area contributed by atoms with Crippen molar-refractivity contribution in [2.75, 3.05) is 13.2 Å². The smallest absolute Gasteiger partial charge is 0.546 e.